The maximum absolute atomic E-state index is 12.7. The third kappa shape index (κ3) is 5.92. The highest BCUT2D eigenvalue weighted by Crippen LogP contribution is 2.13. The highest BCUT2D eigenvalue weighted by Gasteiger charge is 2.20. The van der Waals surface area contributed by atoms with Gasteiger partial charge in [0.2, 0.25) is 12.0 Å². The zero-order valence-electron chi connectivity index (χ0n) is 11.0. The summed E-state index contributed by atoms with van der Waals surface area (Å²) in [5.74, 6) is -0.956. The summed E-state index contributed by atoms with van der Waals surface area (Å²) in [6.07, 6.45) is 0.994. The smallest absolute Gasteiger partial charge is 0.346 e. The molecule has 7 heteroatoms. The van der Waals surface area contributed by atoms with Gasteiger partial charge in [0.05, 0.1) is 6.54 Å². The van der Waals surface area contributed by atoms with Crippen molar-refractivity contribution in [3.05, 3.63) is 30.1 Å². The van der Waals surface area contributed by atoms with E-state index in [1.807, 2.05) is 6.26 Å². The monoisotopic (exact) mass is 301 g/mol. The fourth-order valence-corrected chi connectivity index (χ4v) is 1.74. The van der Waals surface area contributed by atoms with Crippen LogP contribution in [0.3, 0.4) is 0 Å². The first-order valence-corrected chi connectivity index (χ1v) is 7.33. The molecule has 0 heterocycles. The molecule has 1 unspecified atom stereocenters. The second-order valence-corrected chi connectivity index (χ2v) is 4.93. The molecule has 0 fully saturated rings. The first-order valence-electron chi connectivity index (χ1n) is 5.93. The third-order valence-electron chi connectivity index (χ3n) is 2.39. The molecule has 1 aromatic rings. The number of carbonyl (C=O) groups excluding carboxylic acids is 1. The summed E-state index contributed by atoms with van der Waals surface area (Å²) in [4.78, 5) is 22.4. The molecule has 110 valence electrons. The largest absolute Gasteiger partial charge is 0.478 e. The molecular formula is C13H16FNO4S. The van der Waals surface area contributed by atoms with Gasteiger partial charge in [-0.25, -0.2) is 9.18 Å². The molecule has 0 aromatic heterocycles. The molecule has 1 aromatic carbocycles. The van der Waals surface area contributed by atoms with Crippen LogP contribution in [-0.4, -0.2) is 41.6 Å². The summed E-state index contributed by atoms with van der Waals surface area (Å²) >= 11 is 1.53. The number of amides is 1. The fourth-order valence-electron chi connectivity index (χ4n) is 1.35. The van der Waals surface area contributed by atoms with Gasteiger partial charge in [-0.1, -0.05) is 0 Å². The first-order chi connectivity index (χ1) is 9.52. The lowest BCUT2D eigenvalue weighted by molar-refractivity contribution is -0.145. The lowest BCUT2D eigenvalue weighted by Gasteiger charge is -2.15. The van der Waals surface area contributed by atoms with Crippen LogP contribution in [0.1, 0.15) is 6.42 Å². The van der Waals surface area contributed by atoms with Crippen LogP contribution in [0.5, 0.6) is 5.75 Å². The summed E-state index contributed by atoms with van der Waals surface area (Å²) in [6, 6.07) is 5.01. The number of carboxylic acid groups (broad SMARTS) is 1. The molecule has 1 rings (SSSR count). The van der Waals surface area contributed by atoms with Crippen molar-refractivity contribution >= 4 is 23.6 Å². The van der Waals surface area contributed by atoms with Crippen LogP contribution in [-0.2, 0) is 9.59 Å². The molecule has 0 aliphatic carbocycles. The predicted molar refractivity (Wildman–Crippen MR) is 74.5 cm³/mol. The highest BCUT2D eigenvalue weighted by molar-refractivity contribution is 7.98. The van der Waals surface area contributed by atoms with Crippen LogP contribution in [0, 0.1) is 5.82 Å². The number of aliphatic carboxylic acids is 1. The number of rotatable bonds is 8. The normalized spacial score (nSPS) is 11.7. The van der Waals surface area contributed by atoms with Gasteiger partial charge in [-0.05, 0) is 30.5 Å². The zero-order valence-corrected chi connectivity index (χ0v) is 11.8. The van der Waals surface area contributed by atoms with Gasteiger partial charge in [0.1, 0.15) is 11.6 Å². The molecule has 0 saturated carbocycles. The fraction of sp³-hybridized carbons (Fsp3) is 0.385. The average molecular weight is 301 g/mol. The molecule has 1 atom stereocenters. The Bertz CT molecular complexity index is 452. The van der Waals surface area contributed by atoms with Crippen LogP contribution < -0.4 is 10.1 Å². The molecule has 20 heavy (non-hydrogen) atoms. The maximum atomic E-state index is 12.7. The van der Waals surface area contributed by atoms with Crippen LogP contribution in [0.25, 0.3) is 0 Å². The van der Waals surface area contributed by atoms with E-state index in [1.54, 1.807) is 0 Å². The van der Waals surface area contributed by atoms with Gasteiger partial charge in [0.25, 0.3) is 0 Å². The van der Waals surface area contributed by atoms with Crippen LogP contribution >= 0.6 is 11.8 Å². The predicted octanol–water partition coefficient (Wildman–Crippen LogP) is 1.53. The highest BCUT2D eigenvalue weighted by atomic mass is 32.2. The summed E-state index contributed by atoms with van der Waals surface area (Å²) in [5.41, 5.74) is 0. The molecular weight excluding hydrogens is 285 g/mol. The number of carboxylic acids is 1. The number of halogens is 1. The molecule has 0 bridgehead atoms. The van der Waals surface area contributed by atoms with E-state index in [0.29, 0.717) is 12.2 Å². The Morgan fingerprint density at radius 2 is 2.05 bits per heavy atom. The second-order valence-electron chi connectivity index (χ2n) is 3.95. The minimum Gasteiger partial charge on any atom is -0.478 e. The Hall–Kier alpha value is -1.76. The van der Waals surface area contributed by atoms with E-state index >= 15 is 0 Å². The van der Waals surface area contributed by atoms with Crippen molar-refractivity contribution < 1.29 is 23.8 Å². The number of hydrogen-bond acceptors (Lipinski definition) is 4. The summed E-state index contributed by atoms with van der Waals surface area (Å²) in [5, 5.41) is 11.5. The molecule has 0 spiro atoms. The van der Waals surface area contributed by atoms with Crippen molar-refractivity contribution in [2.75, 3.05) is 18.6 Å². The van der Waals surface area contributed by atoms with Gasteiger partial charge in [-0.2, -0.15) is 11.8 Å². The van der Waals surface area contributed by atoms with E-state index in [2.05, 4.69) is 5.32 Å². The number of hydrogen-bond donors (Lipinski definition) is 2. The molecule has 0 radical (unpaired) electrons. The summed E-state index contributed by atoms with van der Waals surface area (Å²) < 4.78 is 17.9. The number of ether oxygens (including phenoxy) is 1. The molecule has 2 N–H and O–H groups in total. The van der Waals surface area contributed by atoms with Crippen LogP contribution in [0.2, 0.25) is 0 Å². The van der Waals surface area contributed by atoms with Crippen molar-refractivity contribution in [1.29, 1.82) is 0 Å². The number of benzene rings is 1. The molecule has 0 saturated heterocycles. The number of nitrogens with one attached hydrogen (secondary N) is 1. The van der Waals surface area contributed by atoms with Crippen LogP contribution in [0.4, 0.5) is 4.39 Å². The lowest BCUT2D eigenvalue weighted by Crippen LogP contribution is -2.40. The Balaban J connectivity index is 2.50. The first kappa shape index (κ1) is 16.3. The van der Waals surface area contributed by atoms with Gasteiger partial charge in [0, 0.05) is 12.2 Å². The quantitative estimate of drug-likeness (QED) is 0.761. The van der Waals surface area contributed by atoms with Crippen molar-refractivity contribution in [3.63, 3.8) is 0 Å². The van der Waals surface area contributed by atoms with Crippen molar-refractivity contribution in [3.8, 4) is 5.75 Å². The van der Waals surface area contributed by atoms with E-state index in [0.717, 1.165) is 0 Å². The van der Waals surface area contributed by atoms with Gasteiger partial charge < -0.3 is 15.2 Å². The Kier molecular flexibility index (Phi) is 6.86. The lowest BCUT2D eigenvalue weighted by atomic mass is 10.3. The van der Waals surface area contributed by atoms with E-state index in [1.165, 1.54) is 36.0 Å². The summed E-state index contributed by atoms with van der Waals surface area (Å²) in [7, 11) is 0. The Labute approximate surface area is 120 Å². The Morgan fingerprint density at radius 3 is 2.60 bits per heavy atom. The topological polar surface area (TPSA) is 75.6 Å². The van der Waals surface area contributed by atoms with E-state index in [-0.39, 0.29) is 18.2 Å². The van der Waals surface area contributed by atoms with Crippen molar-refractivity contribution in [2.45, 2.75) is 12.5 Å². The molecule has 0 aliphatic heterocycles. The SMILES string of the molecule is CSCCC(=O)NCC(Oc1ccc(F)cc1)C(=O)O. The third-order valence-corrected chi connectivity index (χ3v) is 3.00. The summed E-state index contributed by atoms with van der Waals surface area (Å²) in [6.45, 7) is -0.139. The molecule has 1 amide bonds. The van der Waals surface area contributed by atoms with E-state index < -0.39 is 17.9 Å². The second kappa shape index (κ2) is 8.42. The van der Waals surface area contributed by atoms with Gasteiger partial charge in [-0.3, -0.25) is 4.79 Å². The zero-order chi connectivity index (χ0) is 15.0. The van der Waals surface area contributed by atoms with E-state index in [4.69, 9.17) is 9.84 Å². The average Bonchev–Trinajstić information content (AvgIpc) is 2.42. The van der Waals surface area contributed by atoms with Gasteiger partial charge in [0.15, 0.2) is 0 Å². The molecule has 5 nitrogen and oxygen atoms in total. The minimum absolute atomic E-state index is 0.139. The standard InChI is InChI=1S/C13H16FNO4S/c1-20-7-6-12(16)15-8-11(13(17)18)19-10-4-2-9(14)3-5-10/h2-5,11H,6-8H2,1H3,(H,15,16)(H,17,18). The maximum Gasteiger partial charge on any atom is 0.346 e. The Morgan fingerprint density at radius 1 is 1.40 bits per heavy atom. The van der Waals surface area contributed by atoms with Crippen molar-refractivity contribution in [1.82, 2.24) is 5.32 Å². The molecule has 0 aliphatic rings. The number of carbonyl (C=O) groups is 2. The van der Waals surface area contributed by atoms with Gasteiger partial charge >= 0.3 is 5.97 Å². The number of thioether (sulfide) groups is 1. The van der Waals surface area contributed by atoms with Gasteiger partial charge in [-0.15, -0.1) is 0 Å². The van der Waals surface area contributed by atoms with E-state index in [9.17, 15) is 14.0 Å². The minimum atomic E-state index is -1.21. The van der Waals surface area contributed by atoms with Crippen LogP contribution in [0.15, 0.2) is 24.3 Å². The van der Waals surface area contributed by atoms with Crippen molar-refractivity contribution in [2.24, 2.45) is 0 Å².